The van der Waals surface area contributed by atoms with E-state index < -0.39 is 0 Å². The molecule has 2 aromatic carbocycles. The highest BCUT2D eigenvalue weighted by Crippen LogP contribution is 2.18. The highest BCUT2D eigenvalue weighted by molar-refractivity contribution is 7.98. The Bertz CT molecular complexity index is 587. The molecule has 2 nitrogen and oxygen atoms in total. The number of carbonyl (C=O) groups excluding carboxylic acids is 1. The van der Waals surface area contributed by atoms with Crippen molar-refractivity contribution in [2.75, 3.05) is 11.6 Å². The number of hydrogen-bond donors (Lipinski definition) is 1. The van der Waals surface area contributed by atoms with E-state index in [1.807, 2.05) is 56.5 Å². The predicted molar refractivity (Wildman–Crippen MR) is 82.1 cm³/mol. The number of hydrogen-bond acceptors (Lipinski definition) is 2. The lowest BCUT2D eigenvalue weighted by Gasteiger charge is -2.08. The van der Waals surface area contributed by atoms with E-state index >= 15 is 0 Å². The Morgan fingerprint density at radius 2 is 1.74 bits per heavy atom. The number of nitrogens with one attached hydrogen (secondary N) is 1. The third kappa shape index (κ3) is 3.61. The summed E-state index contributed by atoms with van der Waals surface area (Å²) in [4.78, 5) is 13.3. The third-order valence-corrected chi connectivity index (χ3v) is 3.54. The van der Waals surface area contributed by atoms with E-state index in [4.69, 9.17) is 0 Å². The van der Waals surface area contributed by atoms with Gasteiger partial charge in [-0.3, -0.25) is 4.79 Å². The lowest BCUT2D eigenvalue weighted by atomic mass is 10.1. The average Bonchev–Trinajstić information content (AvgIpc) is 2.37. The van der Waals surface area contributed by atoms with E-state index in [1.54, 1.807) is 11.8 Å². The molecule has 2 aromatic rings. The standard InChI is InChI=1S/C16H17NOS/c1-11-7-12(2)9-14(8-11)17-16(18)13-5-4-6-15(10-13)19-3/h4-10H,1-3H3,(H,17,18). The number of aryl methyl sites for hydroxylation is 2. The lowest BCUT2D eigenvalue weighted by Crippen LogP contribution is -2.12. The zero-order chi connectivity index (χ0) is 13.8. The molecule has 3 heteroatoms. The maximum atomic E-state index is 12.2. The monoisotopic (exact) mass is 271 g/mol. The molecule has 0 aromatic heterocycles. The van der Waals surface area contributed by atoms with Gasteiger partial charge in [-0.25, -0.2) is 0 Å². The van der Waals surface area contributed by atoms with E-state index in [2.05, 4.69) is 11.4 Å². The van der Waals surface area contributed by atoms with Crippen LogP contribution in [0.2, 0.25) is 0 Å². The Balaban J connectivity index is 2.20. The quantitative estimate of drug-likeness (QED) is 0.844. The van der Waals surface area contributed by atoms with Crippen LogP contribution in [-0.4, -0.2) is 12.2 Å². The van der Waals surface area contributed by atoms with Crippen LogP contribution in [-0.2, 0) is 0 Å². The minimum Gasteiger partial charge on any atom is -0.322 e. The smallest absolute Gasteiger partial charge is 0.255 e. The minimum atomic E-state index is -0.0686. The maximum absolute atomic E-state index is 12.2. The normalized spacial score (nSPS) is 10.3. The van der Waals surface area contributed by atoms with Gasteiger partial charge in [0.05, 0.1) is 0 Å². The van der Waals surface area contributed by atoms with Crippen LogP contribution in [0.15, 0.2) is 47.4 Å². The van der Waals surface area contributed by atoms with Crippen LogP contribution in [0, 0.1) is 13.8 Å². The summed E-state index contributed by atoms with van der Waals surface area (Å²) in [7, 11) is 0. The Morgan fingerprint density at radius 3 is 2.37 bits per heavy atom. The van der Waals surface area contributed by atoms with E-state index in [1.165, 1.54) is 0 Å². The SMILES string of the molecule is CSc1cccc(C(=O)Nc2cc(C)cc(C)c2)c1. The molecule has 19 heavy (non-hydrogen) atoms. The van der Waals surface area contributed by atoms with Crippen LogP contribution in [0.1, 0.15) is 21.5 Å². The van der Waals surface area contributed by atoms with Gasteiger partial charge in [-0.1, -0.05) is 12.1 Å². The van der Waals surface area contributed by atoms with Crippen LogP contribution in [0.25, 0.3) is 0 Å². The number of thioether (sulfide) groups is 1. The fourth-order valence-corrected chi connectivity index (χ4v) is 2.47. The Morgan fingerprint density at radius 1 is 1.05 bits per heavy atom. The molecule has 2 rings (SSSR count). The summed E-state index contributed by atoms with van der Waals surface area (Å²) in [5.41, 5.74) is 3.82. The topological polar surface area (TPSA) is 29.1 Å². The van der Waals surface area contributed by atoms with Crippen molar-refractivity contribution in [1.29, 1.82) is 0 Å². The highest BCUT2D eigenvalue weighted by atomic mass is 32.2. The Hall–Kier alpha value is -1.74. The molecule has 0 fully saturated rings. The van der Waals surface area contributed by atoms with Gasteiger partial charge in [0.2, 0.25) is 0 Å². The second kappa shape index (κ2) is 5.93. The van der Waals surface area contributed by atoms with Crippen molar-refractivity contribution < 1.29 is 4.79 Å². The summed E-state index contributed by atoms with van der Waals surface area (Å²) in [5.74, 6) is -0.0686. The molecule has 0 unspecified atom stereocenters. The Kier molecular flexibility index (Phi) is 4.27. The molecule has 0 aliphatic rings. The van der Waals surface area contributed by atoms with Gasteiger partial charge in [-0.05, 0) is 61.6 Å². The first-order valence-electron chi connectivity index (χ1n) is 6.12. The fraction of sp³-hybridized carbons (Fsp3) is 0.188. The van der Waals surface area contributed by atoms with Crippen LogP contribution in [0.3, 0.4) is 0 Å². The molecule has 98 valence electrons. The molecular weight excluding hydrogens is 254 g/mol. The van der Waals surface area contributed by atoms with Gasteiger partial charge in [0.1, 0.15) is 0 Å². The number of rotatable bonds is 3. The molecule has 0 bridgehead atoms. The molecule has 0 aliphatic carbocycles. The molecule has 0 atom stereocenters. The van der Waals surface area contributed by atoms with Crippen molar-refractivity contribution in [3.05, 3.63) is 59.2 Å². The van der Waals surface area contributed by atoms with E-state index in [9.17, 15) is 4.79 Å². The first kappa shape index (κ1) is 13.7. The van der Waals surface area contributed by atoms with Crippen molar-refractivity contribution in [2.24, 2.45) is 0 Å². The molecule has 0 radical (unpaired) electrons. The first-order chi connectivity index (χ1) is 9.08. The summed E-state index contributed by atoms with van der Waals surface area (Å²) in [6.45, 7) is 4.05. The van der Waals surface area contributed by atoms with Crippen molar-refractivity contribution in [3.63, 3.8) is 0 Å². The van der Waals surface area contributed by atoms with Crippen molar-refractivity contribution in [3.8, 4) is 0 Å². The Labute approximate surface area is 118 Å². The maximum Gasteiger partial charge on any atom is 0.255 e. The first-order valence-corrected chi connectivity index (χ1v) is 7.34. The number of amides is 1. The van der Waals surface area contributed by atoms with Gasteiger partial charge >= 0.3 is 0 Å². The molecule has 0 aliphatic heterocycles. The largest absolute Gasteiger partial charge is 0.322 e. The van der Waals surface area contributed by atoms with Crippen LogP contribution in [0.4, 0.5) is 5.69 Å². The molecular formula is C16H17NOS. The molecule has 1 amide bonds. The third-order valence-electron chi connectivity index (χ3n) is 2.81. The highest BCUT2D eigenvalue weighted by Gasteiger charge is 2.07. The van der Waals surface area contributed by atoms with Gasteiger partial charge in [0, 0.05) is 16.1 Å². The summed E-state index contributed by atoms with van der Waals surface area (Å²) in [6.07, 6.45) is 2.00. The van der Waals surface area contributed by atoms with Gasteiger partial charge in [-0.15, -0.1) is 11.8 Å². The lowest BCUT2D eigenvalue weighted by molar-refractivity contribution is 0.102. The second-order valence-electron chi connectivity index (χ2n) is 4.56. The summed E-state index contributed by atoms with van der Waals surface area (Å²) in [5, 5.41) is 2.94. The van der Waals surface area contributed by atoms with E-state index in [-0.39, 0.29) is 5.91 Å². The fourth-order valence-electron chi connectivity index (χ4n) is 2.01. The summed E-state index contributed by atoms with van der Waals surface area (Å²) < 4.78 is 0. The van der Waals surface area contributed by atoms with Gasteiger partial charge in [-0.2, -0.15) is 0 Å². The minimum absolute atomic E-state index is 0.0686. The van der Waals surface area contributed by atoms with Crippen LogP contribution < -0.4 is 5.32 Å². The van der Waals surface area contributed by atoms with Crippen LogP contribution >= 0.6 is 11.8 Å². The van der Waals surface area contributed by atoms with Gasteiger partial charge < -0.3 is 5.32 Å². The van der Waals surface area contributed by atoms with Crippen molar-refractivity contribution in [2.45, 2.75) is 18.7 Å². The summed E-state index contributed by atoms with van der Waals surface area (Å²) in [6, 6.07) is 13.7. The molecule has 0 spiro atoms. The molecule has 0 heterocycles. The van der Waals surface area contributed by atoms with E-state index in [0.29, 0.717) is 5.56 Å². The molecule has 0 saturated heterocycles. The molecule has 1 N–H and O–H groups in total. The van der Waals surface area contributed by atoms with Crippen molar-refractivity contribution in [1.82, 2.24) is 0 Å². The number of benzene rings is 2. The second-order valence-corrected chi connectivity index (χ2v) is 5.44. The zero-order valence-electron chi connectivity index (χ0n) is 11.4. The van der Waals surface area contributed by atoms with Crippen molar-refractivity contribution >= 4 is 23.4 Å². The average molecular weight is 271 g/mol. The number of carbonyl (C=O) groups is 1. The predicted octanol–water partition coefficient (Wildman–Crippen LogP) is 4.28. The van der Waals surface area contributed by atoms with Gasteiger partial charge in [0.25, 0.3) is 5.91 Å². The number of anilines is 1. The van der Waals surface area contributed by atoms with Gasteiger partial charge in [0.15, 0.2) is 0 Å². The van der Waals surface area contributed by atoms with E-state index in [0.717, 1.165) is 21.7 Å². The zero-order valence-corrected chi connectivity index (χ0v) is 12.2. The van der Waals surface area contributed by atoms with Crippen LogP contribution in [0.5, 0.6) is 0 Å². The summed E-state index contributed by atoms with van der Waals surface area (Å²) >= 11 is 1.63. The molecule has 0 saturated carbocycles.